The molecule has 0 amide bonds. The van der Waals surface area contributed by atoms with Crippen LogP contribution in [0.5, 0.6) is 0 Å². The summed E-state index contributed by atoms with van der Waals surface area (Å²) >= 11 is -2.90. The third-order valence-electron chi connectivity index (χ3n) is 11.2. The number of benzene rings is 4. The number of hydrogen-bond acceptors (Lipinski definition) is 0. The molecule has 0 N–H and O–H groups in total. The summed E-state index contributed by atoms with van der Waals surface area (Å²) in [6.07, 6.45) is 14.8. The number of hydrogen-bond donors (Lipinski definition) is 0. The van der Waals surface area contributed by atoms with Gasteiger partial charge in [0.25, 0.3) is 0 Å². The maximum Gasteiger partial charge on any atom is -1.00 e. The van der Waals surface area contributed by atoms with Gasteiger partial charge in [0.15, 0.2) is 0 Å². The molecule has 0 saturated carbocycles. The van der Waals surface area contributed by atoms with E-state index in [0.717, 1.165) is 0 Å². The molecule has 0 heterocycles. The first-order chi connectivity index (χ1) is 22.3. The summed E-state index contributed by atoms with van der Waals surface area (Å²) in [5, 5.41) is 0. The van der Waals surface area contributed by atoms with Crippen LogP contribution >= 0.6 is 0 Å². The van der Waals surface area contributed by atoms with Crippen molar-refractivity contribution in [2.24, 2.45) is 11.3 Å². The minimum absolute atomic E-state index is 0. The van der Waals surface area contributed by atoms with Crippen molar-refractivity contribution < 1.29 is 46.1 Å². The molecule has 1 unspecified atom stereocenters. The Bertz CT molecular complexity index is 1990. The van der Waals surface area contributed by atoms with Crippen LogP contribution in [0.15, 0.2) is 118 Å². The van der Waals surface area contributed by atoms with Crippen LogP contribution in [0.4, 0.5) is 0 Å². The van der Waals surface area contributed by atoms with E-state index in [9.17, 15) is 0 Å². The first kappa shape index (κ1) is 36.0. The van der Waals surface area contributed by atoms with Crippen LogP contribution in [0.2, 0.25) is 0 Å². The molecule has 1 atom stereocenters. The van der Waals surface area contributed by atoms with Crippen LogP contribution in [-0.4, -0.2) is 3.21 Å². The summed E-state index contributed by atoms with van der Waals surface area (Å²) in [6, 6.07) is 33.2. The number of halogens is 2. The Morgan fingerprint density at radius 1 is 0.653 bits per heavy atom. The Labute approximate surface area is 314 Å². The van der Waals surface area contributed by atoms with Crippen LogP contribution < -0.4 is 24.8 Å². The normalized spacial score (nSPS) is 18.6. The largest absolute Gasteiger partial charge is 1.00 e. The zero-order chi connectivity index (χ0) is 32.9. The van der Waals surface area contributed by atoms with Crippen LogP contribution in [0, 0.1) is 11.3 Å². The molecule has 4 aliphatic carbocycles. The molecule has 0 nitrogen and oxygen atoms in total. The van der Waals surface area contributed by atoms with Gasteiger partial charge in [0.1, 0.15) is 0 Å². The van der Waals surface area contributed by atoms with E-state index in [1.165, 1.54) is 50.1 Å². The summed E-state index contributed by atoms with van der Waals surface area (Å²) in [5.74, 6) is 0.425. The third kappa shape index (κ3) is 5.93. The van der Waals surface area contributed by atoms with Crippen LogP contribution in [0.1, 0.15) is 104 Å². The fourth-order valence-corrected chi connectivity index (χ4v) is 18.0. The second-order valence-electron chi connectivity index (χ2n) is 16.4. The minimum Gasteiger partial charge on any atom is -1.00 e. The van der Waals surface area contributed by atoms with Gasteiger partial charge in [0.05, 0.1) is 0 Å². The fraction of sp³-hybridized carbons (Fsp3) is 0.283. The van der Waals surface area contributed by atoms with Crippen molar-refractivity contribution in [3.05, 3.63) is 163 Å². The van der Waals surface area contributed by atoms with E-state index in [1.807, 2.05) is 0 Å². The fourth-order valence-electron chi connectivity index (χ4n) is 8.50. The summed E-state index contributed by atoms with van der Waals surface area (Å²) in [7, 11) is 0. The summed E-state index contributed by atoms with van der Waals surface area (Å²) < 4.78 is 3.72. The van der Waals surface area contributed by atoms with Gasteiger partial charge in [-0.3, -0.25) is 0 Å². The topological polar surface area (TPSA) is 0 Å². The van der Waals surface area contributed by atoms with Crippen molar-refractivity contribution in [1.82, 2.24) is 0 Å². The molecular formula is C46H46Cl2Zr. The predicted molar refractivity (Wildman–Crippen MR) is 199 cm³/mol. The van der Waals surface area contributed by atoms with E-state index in [0.29, 0.717) is 9.54 Å². The number of allylic oxidation sites excluding steroid dienone is 6. The molecule has 49 heavy (non-hydrogen) atoms. The minimum atomic E-state index is -2.90. The zero-order valence-corrected chi connectivity index (χ0v) is 33.9. The Hall–Kier alpha value is -2.83. The molecule has 0 saturated heterocycles. The summed E-state index contributed by atoms with van der Waals surface area (Å²) in [4.78, 5) is 0. The molecule has 0 aromatic heterocycles. The van der Waals surface area contributed by atoms with Crippen molar-refractivity contribution in [2.45, 2.75) is 69.8 Å². The number of rotatable bonds is 4. The van der Waals surface area contributed by atoms with Gasteiger partial charge in [-0.05, 0) is 0 Å². The van der Waals surface area contributed by atoms with Gasteiger partial charge < -0.3 is 24.8 Å². The average molecular weight is 761 g/mol. The molecule has 0 aliphatic heterocycles. The second kappa shape index (κ2) is 12.7. The van der Waals surface area contributed by atoms with Crippen molar-refractivity contribution in [1.29, 1.82) is 0 Å². The van der Waals surface area contributed by atoms with E-state index in [2.05, 4.69) is 177 Å². The van der Waals surface area contributed by atoms with Crippen molar-refractivity contribution in [2.75, 3.05) is 0 Å². The predicted octanol–water partition coefficient (Wildman–Crippen LogP) is 5.77. The molecule has 3 heteroatoms. The van der Waals surface area contributed by atoms with Gasteiger partial charge in [0.2, 0.25) is 0 Å². The Morgan fingerprint density at radius 2 is 1.10 bits per heavy atom. The number of fused-ring (bicyclic) bond motifs is 5. The maximum atomic E-state index is 2.67. The first-order valence-electron chi connectivity index (χ1n) is 17.4. The monoisotopic (exact) mass is 758 g/mol. The molecule has 4 aliphatic rings. The standard InChI is InChI=1S/C23H21.C13H10.C10H15.2ClH.Zr/c1-22(2)7-5-14-10-18-16(12-20(14)22)9-17-13-21-15(11-19(17)18)6-8-23(21,3)4;1-3-7-12(8-4-1)11-13-9-5-2-6-10-13;1-8-5-6-9(7-8)10(2,3)4;;;/h5-13H,1-4H3;1-10H;6-8H,1-4H3;2*1H;/q;;;;;+2/p-2. The molecule has 0 radical (unpaired) electrons. The smallest absolute Gasteiger partial charge is 1.00 e. The quantitative estimate of drug-likeness (QED) is 0.248. The van der Waals surface area contributed by atoms with Crippen LogP contribution in [0.3, 0.4) is 0 Å². The molecule has 0 fully saturated rings. The van der Waals surface area contributed by atoms with Gasteiger partial charge in [-0.2, -0.15) is 0 Å². The maximum absolute atomic E-state index is 2.90. The first-order valence-corrected chi connectivity index (χ1v) is 21.3. The van der Waals surface area contributed by atoms with Gasteiger partial charge >= 0.3 is 292 Å². The summed E-state index contributed by atoms with van der Waals surface area (Å²) in [6.45, 7) is 19.1. The molecule has 0 spiro atoms. The van der Waals surface area contributed by atoms with Gasteiger partial charge in [-0.25, -0.2) is 0 Å². The van der Waals surface area contributed by atoms with Crippen molar-refractivity contribution in [3.8, 4) is 11.1 Å². The van der Waals surface area contributed by atoms with Crippen LogP contribution in [0.25, 0.3) is 23.3 Å². The Morgan fingerprint density at radius 3 is 1.51 bits per heavy atom. The SMILES string of the molecule is CC1C=C(C(C)(C)C)C=[C]1[Zr+2](=[C](c1ccccc1)c1ccccc1)[CH]1c2cc3c(cc2-c2cc4c(cc21)C(C)(C)C=C4)C=CC3(C)C.[Cl-].[Cl-]. The zero-order valence-electron chi connectivity index (χ0n) is 30.0. The van der Waals surface area contributed by atoms with Crippen LogP contribution in [-0.2, 0) is 32.1 Å². The molecule has 248 valence electrons. The van der Waals surface area contributed by atoms with Gasteiger partial charge in [-0.15, -0.1) is 0 Å². The van der Waals surface area contributed by atoms with E-state index < -0.39 is 21.3 Å². The van der Waals surface area contributed by atoms with Crippen molar-refractivity contribution >= 4 is 15.4 Å². The second-order valence-corrected chi connectivity index (χ2v) is 22.5. The van der Waals surface area contributed by atoms with Gasteiger partial charge in [0, 0.05) is 0 Å². The molecule has 4 aromatic carbocycles. The molecule has 8 rings (SSSR count). The van der Waals surface area contributed by atoms with Gasteiger partial charge in [-0.1, -0.05) is 0 Å². The molecule has 4 aromatic rings. The third-order valence-corrected chi connectivity index (χ3v) is 19.9. The van der Waals surface area contributed by atoms with E-state index in [1.54, 1.807) is 17.6 Å². The molecular weight excluding hydrogens is 715 g/mol. The van der Waals surface area contributed by atoms with Crippen molar-refractivity contribution in [3.63, 3.8) is 0 Å². The summed E-state index contributed by atoms with van der Waals surface area (Å²) in [5.41, 5.74) is 16.3. The average Bonchev–Trinajstić information content (AvgIpc) is 3.76. The molecule has 0 bridgehead atoms. The van der Waals surface area contributed by atoms with E-state index >= 15 is 0 Å². The Kier molecular flexibility index (Phi) is 9.36. The Balaban J connectivity index is 0.00000208. The van der Waals surface area contributed by atoms with E-state index in [-0.39, 0.29) is 41.1 Å². The van der Waals surface area contributed by atoms with E-state index in [4.69, 9.17) is 0 Å².